The quantitative estimate of drug-likeness (QED) is 0.693. The molecule has 70 valence electrons. The van der Waals surface area contributed by atoms with Crippen LogP contribution in [0.3, 0.4) is 0 Å². The summed E-state index contributed by atoms with van der Waals surface area (Å²) in [4.78, 5) is 10.1. The number of aldehydes is 1. The van der Waals surface area contributed by atoms with Crippen LogP contribution in [0.15, 0.2) is 30.3 Å². The summed E-state index contributed by atoms with van der Waals surface area (Å²) in [6, 6.07) is 10.2. The van der Waals surface area contributed by atoms with E-state index in [1.165, 1.54) is 5.56 Å². The molecule has 0 saturated carbocycles. The van der Waals surface area contributed by atoms with Crippen molar-refractivity contribution in [2.75, 3.05) is 0 Å². The van der Waals surface area contributed by atoms with Gasteiger partial charge in [-0.2, -0.15) is 0 Å². The van der Waals surface area contributed by atoms with Crippen molar-refractivity contribution in [2.45, 2.75) is 25.3 Å². The van der Waals surface area contributed by atoms with E-state index in [4.69, 9.17) is 5.73 Å². The molecule has 0 amide bonds. The highest BCUT2D eigenvalue weighted by molar-refractivity contribution is 5.49. The van der Waals surface area contributed by atoms with E-state index < -0.39 is 0 Å². The summed E-state index contributed by atoms with van der Waals surface area (Å²) in [5.41, 5.74) is 7.07. The molecule has 0 spiro atoms. The molecule has 0 heterocycles. The first-order valence-corrected chi connectivity index (χ1v) is 4.56. The molecule has 0 unspecified atom stereocenters. The molecule has 0 aliphatic carbocycles. The third-order valence-corrected chi connectivity index (χ3v) is 2.00. The molecule has 2 nitrogen and oxygen atoms in total. The molecule has 1 atom stereocenters. The van der Waals surface area contributed by atoms with Gasteiger partial charge in [-0.3, -0.25) is 0 Å². The molecule has 2 N–H and O–H groups in total. The maximum absolute atomic E-state index is 10.1. The predicted molar refractivity (Wildman–Crippen MR) is 53.4 cm³/mol. The lowest BCUT2D eigenvalue weighted by molar-refractivity contribution is -0.108. The van der Waals surface area contributed by atoms with Crippen LogP contribution in [0.2, 0.25) is 0 Å². The zero-order valence-corrected chi connectivity index (χ0v) is 7.65. The summed E-state index contributed by atoms with van der Waals surface area (Å²) in [6.45, 7) is 0. The lowest BCUT2D eigenvalue weighted by Crippen LogP contribution is -2.22. The van der Waals surface area contributed by atoms with Crippen LogP contribution in [0, 0.1) is 0 Å². The van der Waals surface area contributed by atoms with Gasteiger partial charge in [0.05, 0.1) is 0 Å². The van der Waals surface area contributed by atoms with E-state index in [9.17, 15) is 4.79 Å². The van der Waals surface area contributed by atoms with Gasteiger partial charge in [0.2, 0.25) is 0 Å². The molecule has 1 aromatic carbocycles. The summed E-state index contributed by atoms with van der Waals surface area (Å²) < 4.78 is 0. The van der Waals surface area contributed by atoms with Crippen LogP contribution >= 0.6 is 0 Å². The normalized spacial score (nSPS) is 12.4. The Balaban J connectivity index is 2.36. The zero-order chi connectivity index (χ0) is 9.52. The van der Waals surface area contributed by atoms with E-state index in [1.807, 2.05) is 18.2 Å². The summed E-state index contributed by atoms with van der Waals surface area (Å²) in [5, 5.41) is 0. The van der Waals surface area contributed by atoms with Crippen molar-refractivity contribution < 1.29 is 4.79 Å². The Kier molecular flexibility index (Phi) is 4.19. The predicted octanol–water partition coefficient (Wildman–Crippen LogP) is 1.54. The third kappa shape index (κ3) is 3.85. The Bertz CT molecular complexity index is 246. The largest absolute Gasteiger partial charge is 0.327 e. The minimum atomic E-state index is 0.104. The summed E-state index contributed by atoms with van der Waals surface area (Å²) in [6.07, 6.45) is 3.12. The second-order valence-electron chi connectivity index (χ2n) is 3.19. The molecule has 0 aliphatic rings. The summed E-state index contributed by atoms with van der Waals surface area (Å²) in [5.74, 6) is 0. The SMILES string of the molecule is N[C@H](CCC=O)Cc1ccccc1. The van der Waals surface area contributed by atoms with E-state index in [1.54, 1.807) is 0 Å². The van der Waals surface area contributed by atoms with Crippen LogP contribution in [0.4, 0.5) is 0 Å². The van der Waals surface area contributed by atoms with Crippen LogP contribution in [-0.4, -0.2) is 12.3 Å². The van der Waals surface area contributed by atoms with Crippen molar-refractivity contribution in [3.63, 3.8) is 0 Å². The number of carbonyl (C=O) groups is 1. The topological polar surface area (TPSA) is 43.1 Å². The summed E-state index contributed by atoms with van der Waals surface area (Å²) >= 11 is 0. The van der Waals surface area contributed by atoms with Gasteiger partial charge in [-0.1, -0.05) is 30.3 Å². The van der Waals surface area contributed by atoms with E-state index in [-0.39, 0.29) is 6.04 Å². The lowest BCUT2D eigenvalue weighted by atomic mass is 10.0. The van der Waals surface area contributed by atoms with Gasteiger partial charge in [-0.05, 0) is 18.4 Å². The zero-order valence-electron chi connectivity index (χ0n) is 7.65. The van der Waals surface area contributed by atoms with E-state index in [2.05, 4.69) is 12.1 Å². The van der Waals surface area contributed by atoms with Crippen molar-refractivity contribution in [3.05, 3.63) is 35.9 Å². The second kappa shape index (κ2) is 5.49. The molecule has 2 heteroatoms. The molecule has 0 bridgehead atoms. The first-order valence-electron chi connectivity index (χ1n) is 4.56. The average Bonchev–Trinajstić information content (AvgIpc) is 2.16. The number of carbonyl (C=O) groups excluding carboxylic acids is 1. The van der Waals surface area contributed by atoms with Crippen molar-refractivity contribution in [1.29, 1.82) is 0 Å². The van der Waals surface area contributed by atoms with Crippen LogP contribution in [0.1, 0.15) is 18.4 Å². The monoisotopic (exact) mass is 177 g/mol. The summed E-state index contributed by atoms with van der Waals surface area (Å²) in [7, 11) is 0. The maximum Gasteiger partial charge on any atom is 0.120 e. The van der Waals surface area contributed by atoms with Gasteiger partial charge >= 0.3 is 0 Å². The molecular formula is C11H15NO. The van der Waals surface area contributed by atoms with Crippen molar-refractivity contribution in [2.24, 2.45) is 5.73 Å². The van der Waals surface area contributed by atoms with Crippen LogP contribution < -0.4 is 5.73 Å². The molecule has 13 heavy (non-hydrogen) atoms. The molecule has 1 aromatic rings. The van der Waals surface area contributed by atoms with Crippen molar-refractivity contribution in [1.82, 2.24) is 0 Å². The lowest BCUT2D eigenvalue weighted by Gasteiger charge is -2.08. The van der Waals surface area contributed by atoms with Gasteiger partial charge in [0.15, 0.2) is 0 Å². The second-order valence-corrected chi connectivity index (χ2v) is 3.19. The van der Waals surface area contributed by atoms with Gasteiger partial charge in [0, 0.05) is 12.5 Å². The first kappa shape index (κ1) is 9.93. The van der Waals surface area contributed by atoms with E-state index >= 15 is 0 Å². The molecule has 0 aromatic heterocycles. The highest BCUT2D eigenvalue weighted by Gasteiger charge is 2.02. The average molecular weight is 177 g/mol. The first-order chi connectivity index (χ1) is 6.33. The number of hydrogen-bond acceptors (Lipinski definition) is 2. The Labute approximate surface area is 78.8 Å². The van der Waals surface area contributed by atoms with Gasteiger partial charge < -0.3 is 10.5 Å². The van der Waals surface area contributed by atoms with Gasteiger partial charge in [0.1, 0.15) is 6.29 Å². The smallest absolute Gasteiger partial charge is 0.120 e. The van der Waals surface area contributed by atoms with Crippen LogP contribution in [0.25, 0.3) is 0 Å². The number of benzene rings is 1. The van der Waals surface area contributed by atoms with Gasteiger partial charge in [-0.15, -0.1) is 0 Å². The van der Waals surface area contributed by atoms with Crippen molar-refractivity contribution >= 4 is 6.29 Å². The highest BCUT2D eigenvalue weighted by Crippen LogP contribution is 2.04. The third-order valence-electron chi connectivity index (χ3n) is 2.00. The van der Waals surface area contributed by atoms with Crippen molar-refractivity contribution in [3.8, 4) is 0 Å². The van der Waals surface area contributed by atoms with Gasteiger partial charge in [-0.25, -0.2) is 0 Å². The Morgan fingerprint density at radius 1 is 1.31 bits per heavy atom. The molecule has 0 radical (unpaired) electrons. The standard InChI is InChI=1S/C11H15NO/c12-11(7-4-8-13)9-10-5-2-1-3-6-10/h1-3,5-6,8,11H,4,7,9,12H2/t11-/m1/s1. The van der Waals surface area contributed by atoms with Crippen LogP contribution in [0.5, 0.6) is 0 Å². The Morgan fingerprint density at radius 3 is 2.62 bits per heavy atom. The molecule has 0 saturated heterocycles. The molecule has 0 fully saturated rings. The van der Waals surface area contributed by atoms with Gasteiger partial charge in [0.25, 0.3) is 0 Å². The van der Waals surface area contributed by atoms with Crippen LogP contribution in [-0.2, 0) is 11.2 Å². The Morgan fingerprint density at radius 2 is 2.00 bits per heavy atom. The number of rotatable bonds is 5. The fraction of sp³-hybridized carbons (Fsp3) is 0.364. The number of nitrogens with two attached hydrogens (primary N) is 1. The number of hydrogen-bond donors (Lipinski definition) is 1. The highest BCUT2D eigenvalue weighted by atomic mass is 16.1. The van der Waals surface area contributed by atoms with E-state index in [0.717, 1.165) is 19.1 Å². The molecular weight excluding hydrogens is 162 g/mol. The molecule has 0 aliphatic heterocycles. The minimum absolute atomic E-state index is 0.104. The fourth-order valence-electron chi connectivity index (χ4n) is 1.30. The fourth-order valence-corrected chi connectivity index (χ4v) is 1.30. The van der Waals surface area contributed by atoms with E-state index in [0.29, 0.717) is 6.42 Å². The maximum atomic E-state index is 10.1. The molecule has 1 rings (SSSR count). The Hall–Kier alpha value is -1.15. The minimum Gasteiger partial charge on any atom is -0.327 e.